The van der Waals surface area contributed by atoms with Crippen molar-refractivity contribution in [2.75, 3.05) is 0 Å². The lowest BCUT2D eigenvalue weighted by Crippen LogP contribution is -1.99. The van der Waals surface area contributed by atoms with Gasteiger partial charge in [-0.3, -0.25) is 0 Å². The first-order chi connectivity index (χ1) is 9.25. The molecular weight excluding hydrogens is 248 g/mol. The molecule has 1 aliphatic carbocycles. The lowest BCUT2D eigenvalue weighted by atomic mass is 9.92. The fourth-order valence-corrected chi connectivity index (χ4v) is 3.99. The number of thioether (sulfide) groups is 1. The molecule has 2 aromatic rings. The van der Waals surface area contributed by atoms with E-state index in [9.17, 15) is 0 Å². The Balaban J connectivity index is 2.12. The average Bonchev–Trinajstić information content (AvgIpc) is 3.24. The minimum Gasteiger partial charge on any atom is -0.0939 e. The van der Waals surface area contributed by atoms with E-state index >= 15 is 0 Å². The second-order valence-electron chi connectivity index (χ2n) is 5.42. The SMILES string of the molecule is CC1=C(C)C(=C2CC2)c2c(ccc3ccccc23)S1. The van der Waals surface area contributed by atoms with Gasteiger partial charge in [0.25, 0.3) is 0 Å². The van der Waals surface area contributed by atoms with Gasteiger partial charge in [-0.25, -0.2) is 0 Å². The van der Waals surface area contributed by atoms with Gasteiger partial charge in [0.2, 0.25) is 0 Å². The van der Waals surface area contributed by atoms with Gasteiger partial charge in [-0.05, 0) is 59.6 Å². The summed E-state index contributed by atoms with van der Waals surface area (Å²) in [5, 5.41) is 2.77. The van der Waals surface area contributed by atoms with E-state index in [1.807, 2.05) is 11.8 Å². The third-order valence-electron chi connectivity index (χ3n) is 4.16. The van der Waals surface area contributed by atoms with E-state index in [2.05, 4.69) is 50.2 Å². The molecule has 1 aliphatic heterocycles. The number of fused-ring (bicyclic) bond motifs is 3. The van der Waals surface area contributed by atoms with Crippen LogP contribution in [0.2, 0.25) is 0 Å². The standard InChI is InChI=1S/C18H16S/c1-11-12(2)19-16-10-9-13-5-3-4-6-15(13)18(16)17(11)14-7-8-14/h3-6,9-10H,7-8H2,1-2H3. The molecule has 1 heterocycles. The Morgan fingerprint density at radius 3 is 2.53 bits per heavy atom. The number of benzene rings is 2. The molecule has 0 radical (unpaired) electrons. The normalized spacial score (nSPS) is 18.0. The van der Waals surface area contributed by atoms with E-state index in [0.29, 0.717) is 0 Å². The summed E-state index contributed by atoms with van der Waals surface area (Å²) in [6.07, 6.45) is 2.57. The first kappa shape index (κ1) is 11.4. The zero-order valence-corrected chi connectivity index (χ0v) is 12.1. The molecule has 19 heavy (non-hydrogen) atoms. The Morgan fingerprint density at radius 1 is 0.947 bits per heavy atom. The number of rotatable bonds is 0. The predicted octanol–water partition coefficient (Wildman–Crippen LogP) is 5.79. The molecule has 1 heteroatoms. The second kappa shape index (κ2) is 4.01. The topological polar surface area (TPSA) is 0 Å². The van der Waals surface area contributed by atoms with Crippen molar-refractivity contribution in [2.45, 2.75) is 31.6 Å². The second-order valence-corrected chi connectivity index (χ2v) is 6.68. The molecule has 0 bridgehead atoms. The van der Waals surface area contributed by atoms with Gasteiger partial charge in [0.1, 0.15) is 0 Å². The van der Waals surface area contributed by atoms with Gasteiger partial charge in [0.05, 0.1) is 0 Å². The third kappa shape index (κ3) is 1.68. The highest BCUT2D eigenvalue weighted by Gasteiger charge is 2.27. The summed E-state index contributed by atoms with van der Waals surface area (Å²) in [5.41, 5.74) is 6.16. The summed E-state index contributed by atoms with van der Waals surface area (Å²) in [7, 11) is 0. The van der Waals surface area contributed by atoms with Crippen molar-refractivity contribution in [3.8, 4) is 0 Å². The molecule has 0 nitrogen and oxygen atoms in total. The molecule has 2 aliphatic rings. The molecule has 4 rings (SSSR count). The van der Waals surface area contributed by atoms with Crippen LogP contribution >= 0.6 is 11.8 Å². The van der Waals surface area contributed by atoms with Crippen LogP contribution in [0.3, 0.4) is 0 Å². The van der Waals surface area contributed by atoms with Crippen molar-refractivity contribution in [3.05, 3.63) is 58.0 Å². The van der Waals surface area contributed by atoms with Crippen LogP contribution in [0.5, 0.6) is 0 Å². The van der Waals surface area contributed by atoms with E-state index in [1.54, 1.807) is 11.1 Å². The van der Waals surface area contributed by atoms with Crippen molar-refractivity contribution in [1.82, 2.24) is 0 Å². The largest absolute Gasteiger partial charge is 0.0939 e. The van der Waals surface area contributed by atoms with Gasteiger partial charge in [-0.15, -0.1) is 0 Å². The summed E-state index contributed by atoms with van der Waals surface area (Å²) in [4.78, 5) is 2.88. The van der Waals surface area contributed by atoms with Crippen LogP contribution in [0.4, 0.5) is 0 Å². The van der Waals surface area contributed by atoms with E-state index in [-0.39, 0.29) is 0 Å². The van der Waals surface area contributed by atoms with E-state index in [4.69, 9.17) is 0 Å². The highest BCUT2D eigenvalue weighted by Crippen LogP contribution is 2.51. The first-order valence-corrected chi connectivity index (χ1v) is 7.67. The smallest absolute Gasteiger partial charge is 0.0204 e. The van der Waals surface area contributed by atoms with Gasteiger partial charge in [0.15, 0.2) is 0 Å². The Bertz CT molecular complexity index is 756. The molecule has 1 fully saturated rings. The zero-order chi connectivity index (χ0) is 13.0. The van der Waals surface area contributed by atoms with Crippen LogP contribution in [0, 0.1) is 0 Å². The van der Waals surface area contributed by atoms with Gasteiger partial charge >= 0.3 is 0 Å². The van der Waals surface area contributed by atoms with Crippen LogP contribution in [0.15, 0.2) is 57.3 Å². The lowest BCUT2D eigenvalue weighted by molar-refractivity contribution is 1.34. The number of allylic oxidation sites excluding steroid dienone is 4. The molecule has 0 saturated heterocycles. The molecule has 0 atom stereocenters. The molecule has 0 spiro atoms. The molecule has 0 unspecified atom stereocenters. The zero-order valence-electron chi connectivity index (χ0n) is 11.3. The minimum absolute atomic E-state index is 1.29. The van der Waals surface area contributed by atoms with Crippen LogP contribution in [0.1, 0.15) is 32.3 Å². The van der Waals surface area contributed by atoms with Gasteiger partial charge in [0, 0.05) is 10.5 Å². The summed E-state index contributed by atoms with van der Waals surface area (Å²) >= 11 is 1.93. The van der Waals surface area contributed by atoms with Gasteiger partial charge < -0.3 is 0 Å². The lowest BCUT2D eigenvalue weighted by Gasteiger charge is -2.23. The van der Waals surface area contributed by atoms with Crippen molar-refractivity contribution >= 4 is 28.1 Å². The molecule has 1 saturated carbocycles. The van der Waals surface area contributed by atoms with E-state index < -0.39 is 0 Å². The van der Waals surface area contributed by atoms with Crippen LogP contribution in [0.25, 0.3) is 16.3 Å². The van der Waals surface area contributed by atoms with Crippen LogP contribution in [-0.2, 0) is 0 Å². The van der Waals surface area contributed by atoms with E-state index in [1.165, 1.54) is 44.6 Å². The van der Waals surface area contributed by atoms with E-state index in [0.717, 1.165) is 0 Å². The molecule has 0 N–H and O–H groups in total. The molecule has 0 amide bonds. The predicted molar refractivity (Wildman–Crippen MR) is 84.3 cm³/mol. The summed E-state index contributed by atoms with van der Waals surface area (Å²) in [6.45, 7) is 4.54. The van der Waals surface area contributed by atoms with Gasteiger partial charge in [-0.1, -0.05) is 47.7 Å². The maximum absolute atomic E-state index is 2.29. The molecule has 2 aromatic carbocycles. The third-order valence-corrected chi connectivity index (χ3v) is 5.33. The highest BCUT2D eigenvalue weighted by atomic mass is 32.2. The Labute approximate surface area is 118 Å². The summed E-state index contributed by atoms with van der Waals surface area (Å²) in [6, 6.07) is 13.3. The fourth-order valence-electron chi connectivity index (χ4n) is 2.95. The van der Waals surface area contributed by atoms with Crippen molar-refractivity contribution < 1.29 is 0 Å². The molecular formula is C18H16S. The summed E-state index contributed by atoms with van der Waals surface area (Å²) < 4.78 is 0. The van der Waals surface area contributed by atoms with Crippen molar-refractivity contribution in [3.63, 3.8) is 0 Å². The summed E-state index contributed by atoms with van der Waals surface area (Å²) in [5.74, 6) is 0. The maximum atomic E-state index is 2.29. The first-order valence-electron chi connectivity index (χ1n) is 6.85. The fraction of sp³-hybridized carbons (Fsp3) is 0.222. The number of hydrogen-bond donors (Lipinski definition) is 0. The molecule has 0 aromatic heterocycles. The van der Waals surface area contributed by atoms with Crippen LogP contribution in [-0.4, -0.2) is 0 Å². The highest BCUT2D eigenvalue weighted by molar-refractivity contribution is 8.03. The van der Waals surface area contributed by atoms with Crippen molar-refractivity contribution in [1.29, 1.82) is 0 Å². The quantitative estimate of drug-likeness (QED) is 0.580. The van der Waals surface area contributed by atoms with Crippen molar-refractivity contribution in [2.24, 2.45) is 0 Å². The Kier molecular flexibility index (Phi) is 2.40. The molecule has 94 valence electrons. The number of hydrogen-bond acceptors (Lipinski definition) is 1. The van der Waals surface area contributed by atoms with Crippen LogP contribution < -0.4 is 0 Å². The van der Waals surface area contributed by atoms with Gasteiger partial charge in [-0.2, -0.15) is 0 Å². The Hall–Kier alpha value is -1.47. The Morgan fingerprint density at radius 2 is 1.74 bits per heavy atom. The average molecular weight is 264 g/mol. The minimum atomic E-state index is 1.29. The monoisotopic (exact) mass is 264 g/mol. The maximum Gasteiger partial charge on any atom is 0.0204 e.